The van der Waals surface area contributed by atoms with Crippen molar-refractivity contribution in [2.24, 2.45) is 0 Å². The Morgan fingerprint density at radius 2 is 1.76 bits per heavy atom. The SMILES string of the molecule is COc1ccc(ON(Cc2ccccc2)C(=O)C2(NC(=O)c3ccnc(OC)c3)CC2)c(C(F)(F)F)c1. The maximum absolute atomic E-state index is 13.8. The molecule has 2 amide bonds. The van der Waals surface area contributed by atoms with Crippen LogP contribution in [0.25, 0.3) is 0 Å². The molecule has 1 saturated carbocycles. The fraction of sp³-hybridized carbons (Fsp3) is 0.269. The molecule has 11 heteroatoms. The Morgan fingerprint density at radius 3 is 2.38 bits per heavy atom. The number of methoxy groups -OCH3 is 2. The van der Waals surface area contributed by atoms with Gasteiger partial charge < -0.3 is 19.6 Å². The van der Waals surface area contributed by atoms with Gasteiger partial charge in [0, 0.05) is 17.8 Å². The van der Waals surface area contributed by atoms with Crippen LogP contribution in [0.15, 0.2) is 66.9 Å². The summed E-state index contributed by atoms with van der Waals surface area (Å²) < 4.78 is 51.4. The standard InChI is InChI=1S/C26H24F3N3O5/c1-35-19-8-9-21(20(15-19)26(27,28)29)37-32(16-17-6-4-3-5-7-17)24(34)25(11-12-25)31-23(33)18-10-13-30-22(14-18)36-2/h3-10,13-15H,11-12,16H2,1-2H3,(H,31,33). The molecular formula is C26H24F3N3O5. The highest BCUT2D eigenvalue weighted by Gasteiger charge is 2.54. The molecule has 3 aromatic rings. The number of carbonyl (C=O) groups is 2. The van der Waals surface area contributed by atoms with E-state index in [0.29, 0.717) is 18.4 Å². The molecule has 2 aromatic carbocycles. The van der Waals surface area contributed by atoms with Crippen molar-refractivity contribution in [2.75, 3.05) is 14.2 Å². The van der Waals surface area contributed by atoms with Crippen LogP contribution in [-0.2, 0) is 17.5 Å². The monoisotopic (exact) mass is 515 g/mol. The third kappa shape index (κ3) is 5.93. The third-order valence-corrected chi connectivity index (χ3v) is 5.81. The molecular weight excluding hydrogens is 491 g/mol. The maximum Gasteiger partial charge on any atom is 0.420 e. The first-order valence-electron chi connectivity index (χ1n) is 11.3. The van der Waals surface area contributed by atoms with Gasteiger partial charge in [-0.3, -0.25) is 9.59 Å². The van der Waals surface area contributed by atoms with Gasteiger partial charge in [0.15, 0.2) is 5.75 Å². The molecule has 0 bridgehead atoms. The van der Waals surface area contributed by atoms with Gasteiger partial charge in [0.25, 0.3) is 11.8 Å². The van der Waals surface area contributed by atoms with Crippen LogP contribution < -0.4 is 19.6 Å². The van der Waals surface area contributed by atoms with Crippen LogP contribution in [0.1, 0.15) is 34.3 Å². The molecule has 8 nitrogen and oxygen atoms in total. The molecule has 1 fully saturated rings. The van der Waals surface area contributed by atoms with Crippen LogP contribution in [0.5, 0.6) is 17.4 Å². The van der Waals surface area contributed by atoms with Crippen molar-refractivity contribution in [3.05, 3.63) is 83.6 Å². The molecule has 1 heterocycles. The summed E-state index contributed by atoms with van der Waals surface area (Å²) in [5, 5.41) is 3.57. The number of nitrogens with one attached hydrogen (secondary N) is 1. The number of carbonyl (C=O) groups excluding carboxylic acids is 2. The fourth-order valence-corrected chi connectivity index (χ4v) is 3.66. The lowest BCUT2D eigenvalue weighted by molar-refractivity contribution is -0.167. The summed E-state index contributed by atoms with van der Waals surface area (Å²) in [6, 6.07) is 14.7. The van der Waals surface area contributed by atoms with Crippen LogP contribution in [-0.4, -0.2) is 41.6 Å². The summed E-state index contributed by atoms with van der Waals surface area (Å²) in [7, 11) is 2.66. The first-order valence-corrected chi connectivity index (χ1v) is 11.3. The van der Waals surface area contributed by atoms with Crippen molar-refractivity contribution in [1.82, 2.24) is 15.4 Å². The summed E-state index contributed by atoms with van der Waals surface area (Å²) in [5.41, 5.74) is -1.59. The van der Waals surface area contributed by atoms with Gasteiger partial charge in [0.2, 0.25) is 5.88 Å². The van der Waals surface area contributed by atoms with E-state index in [0.717, 1.165) is 17.2 Å². The summed E-state index contributed by atoms with van der Waals surface area (Å²) in [4.78, 5) is 36.1. The van der Waals surface area contributed by atoms with Crippen LogP contribution >= 0.6 is 0 Å². The van der Waals surface area contributed by atoms with Crippen molar-refractivity contribution in [3.63, 3.8) is 0 Å². The molecule has 37 heavy (non-hydrogen) atoms. The van der Waals surface area contributed by atoms with E-state index in [1.165, 1.54) is 38.6 Å². The van der Waals surface area contributed by atoms with Crippen molar-refractivity contribution in [3.8, 4) is 17.4 Å². The van der Waals surface area contributed by atoms with Gasteiger partial charge in [-0.1, -0.05) is 30.3 Å². The minimum absolute atomic E-state index is 0.0145. The minimum Gasteiger partial charge on any atom is -0.497 e. The van der Waals surface area contributed by atoms with Gasteiger partial charge in [-0.05, 0) is 42.7 Å². The molecule has 0 saturated heterocycles. The molecule has 0 atom stereocenters. The zero-order valence-electron chi connectivity index (χ0n) is 20.0. The van der Waals surface area contributed by atoms with Gasteiger partial charge in [-0.2, -0.15) is 18.2 Å². The Hall–Kier alpha value is -4.28. The summed E-state index contributed by atoms with van der Waals surface area (Å²) in [5.74, 6) is -1.59. The zero-order valence-corrected chi connectivity index (χ0v) is 20.0. The molecule has 0 spiro atoms. The molecule has 194 valence electrons. The highest BCUT2D eigenvalue weighted by molar-refractivity contribution is 6.00. The predicted molar refractivity (Wildman–Crippen MR) is 126 cm³/mol. The third-order valence-electron chi connectivity index (χ3n) is 5.81. The number of benzene rings is 2. The highest BCUT2D eigenvalue weighted by Crippen LogP contribution is 2.41. The molecule has 4 rings (SSSR count). The van der Waals surface area contributed by atoms with Gasteiger partial charge in [0.05, 0.1) is 20.8 Å². The van der Waals surface area contributed by atoms with E-state index in [4.69, 9.17) is 14.3 Å². The second kappa shape index (κ2) is 10.4. The zero-order chi connectivity index (χ0) is 26.6. The number of nitrogens with zero attached hydrogens (tertiary/aromatic N) is 2. The van der Waals surface area contributed by atoms with E-state index in [9.17, 15) is 22.8 Å². The minimum atomic E-state index is -4.77. The number of halogens is 3. The number of rotatable bonds is 9. The molecule has 0 aliphatic heterocycles. The van der Waals surface area contributed by atoms with Crippen LogP contribution in [0, 0.1) is 0 Å². The van der Waals surface area contributed by atoms with Crippen molar-refractivity contribution in [1.29, 1.82) is 0 Å². The van der Waals surface area contributed by atoms with Crippen LogP contribution in [0.4, 0.5) is 13.2 Å². The normalized spacial score (nSPS) is 13.9. The van der Waals surface area contributed by atoms with Crippen molar-refractivity contribution in [2.45, 2.75) is 31.1 Å². The van der Waals surface area contributed by atoms with Crippen molar-refractivity contribution < 1.29 is 37.1 Å². The Labute approximate surface area is 210 Å². The van der Waals surface area contributed by atoms with Crippen molar-refractivity contribution >= 4 is 11.8 Å². The number of hydroxylamine groups is 2. The second-order valence-corrected chi connectivity index (χ2v) is 8.40. The fourth-order valence-electron chi connectivity index (χ4n) is 3.66. The number of aromatic nitrogens is 1. The number of pyridine rings is 1. The molecule has 1 N–H and O–H groups in total. The number of ether oxygens (including phenoxy) is 2. The lowest BCUT2D eigenvalue weighted by Gasteiger charge is -2.28. The van der Waals surface area contributed by atoms with E-state index in [2.05, 4.69) is 10.3 Å². The average molecular weight is 515 g/mol. The number of amides is 2. The van der Waals surface area contributed by atoms with E-state index in [-0.39, 0.29) is 23.7 Å². The van der Waals surface area contributed by atoms with E-state index >= 15 is 0 Å². The number of alkyl halides is 3. The number of hydrogen-bond acceptors (Lipinski definition) is 6. The molecule has 0 unspecified atom stereocenters. The smallest absolute Gasteiger partial charge is 0.420 e. The van der Waals surface area contributed by atoms with Gasteiger partial charge in [-0.25, -0.2) is 4.98 Å². The Balaban J connectivity index is 1.63. The van der Waals surface area contributed by atoms with Crippen LogP contribution in [0.2, 0.25) is 0 Å². The van der Waals surface area contributed by atoms with E-state index in [1.807, 2.05) is 0 Å². The Bertz CT molecular complexity index is 1280. The molecule has 0 radical (unpaired) electrons. The summed E-state index contributed by atoms with van der Waals surface area (Å²) in [6.07, 6.45) is -2.79. The first-order chi connectivity index (χ1) is 17.6. The molecule has 1 aliphatic rings. The van der Waals surface area contributed by atoms with Gasteiger partial charge in [0.1, 0.15) is 16.9 Å². The van der Waals surface area contributed by atoms with Gasteiger partial charge >= 0.3 is 6.18 Å². The Morgan fingerprint density at radius 1 is 1.03 bits per heavy atom. The predicted octanol–water partition coefficient (Wildman–Crippen LogP) is 4.40. The lowest BCUT2D eigenvalue weighted by Crippen LogP contribution is -2.51. The Kier molecular flexibility index (Phi) is 7.23. The average Bonchev–Trinajstić information content (AvgIpc) is 3.68. The maximum atomic E-state index is 13.8. The molecule has 1 aliphatic carbocycles. The van der Waals surface area contributed by atoms with Gasteiger partial charge in [-0.15, -0.1) is 0 Å². The second-order valence-electron chi connectivity index (χ2n) is 8.40. The van der Waals surface area contributed by atoms with Crippen LogP contribution in [0.3, 0.4) is 0 Å². The topological polar surface area (TPSA) is 90.0 Å². The largest absolute Gasteiger partial charge is 0.497 e. The van der Waals surface area contributed by atoms with E-state index in [1.54, 1.807) is 30.3 Å². The summed E-state index contributed by atoms with van der Waals surface area (Å²) >= 11 is 0. The number of hydrogen-bond donors (Lipinski definition) is 1. The highest BCUT2D eigenvalue weighted by atomic mass is 19.4. The molecule has 1 aromatic heterocycles. The quantitative estimate of drug-likeness (QED) is 0.425. The van der Waals surface area contributed by atoms with E-state index < -0.39 is 34.8 Å². The summed E-state index contributed by atoms with van der Waals surface area (Å²) in [6.45, 7) is -0.149. The lowest BCUT2D eigenvalue weighted by atomic mass is 10.1. The first kappa shape index (κ1) is 25.8.